The third kappa shape index (κ3) is 9.69. The first-order valence-electron chi connectivity index (χ1n) is 16.5. The van der Waals surface area contributed by atoms with Gasteiger partial charge in [-0.15, -0.1) is 0 Å². The van der Waals surface area contributed by atoms with Gasteiger partial charge in [0, 0.05) is 30.4 Å². The fourth-order valence-corrected chi connectivity index (χ4v) is 6.33. The van der Waals surface area contributed by atoms with Gasteiger partial charge >= 0.3 is 0 Å². The minimum Gasteiger partial charge on any atom is -0.496 e. The van der Waals surface area contributed by atoms with Gasteiger partial charge in [-0.1, -0.05) is 54.6 Å². The summed E-state index contributed by atoms with van der Waals surface area (Å²) in [6, 6.07) is 28.6. The molecule has 0 spiro atoms. The van der Waals surface area contributed by atoms with Crippen LogP contribution in [0.3, 0.4) is 0 Å². The molecule has 47 heavy (non-hydrogen) atoms. The van der Waals surface area contributed by atoms with E-state index in [4.69, 9.17) is 33.2 Å². The quantitative estimate of drug-likeness (QED) is 0.115. The van der Waals surface area contributed by atoms with Crippen LogP contribution in [-0.2, 0) is 32.2 Å². The minimum absolute atomic E-state index is 0.00160. The van der Waals surface area contributed by atoms with Crippen LogP contribution in [0.15, 0.2) is 84.9 Å². The van der Waals surface area contributed by atoms with Crippen LogP contribution < -0.4 is 14.2 Å². The van der Waals surface area contributed by atoms with Gasteiger partial charge in [0.15, 0.2) is 0 Å². The SMILES string of the molecule is COC[C@@H](O)CO[C@@H]1CCC[C@H](OCc2cc(OC)c3ccccc3c2)C1c1ccc(OCCCOCc2ccccc2OC)cc1. The van der Waals surface area contributed by atoms with Crippen LogP contribution in [0.5, 0.6) is 17.2 Å². The van der Waals surface area contributed by atoms with Crippen molar-refractivity contribution in [3.05, 3.63) is 102 Å². The molecule has 1 aliphatic rings. The van der Waals surface area contributed by atoms with Crippen LogP contribution in [0.2, 0.25) is 0 Å². The topological polar surface area (TPSA) is 84.8 Å². The number of aliphatic hydroxyl groups is 1. The average Bonchev–Trinajstić information content (AvgIpc) is 3.11. The van der Waals surface area contributed by atoms with Crippen molar-refractivity contribution in [1.82, 2.24) is 0 Å². The molecule has 0 amide bonds. The summed E-state index contributed by atoms with van der Waals surface area (Å²) >= 11 is 0. The van der Waals surface area contributed by atoms with Crippen LogP contribution >= 0.6 is 0 Å². The third-order valence-corrected chi connectivity index (χ3v) is 8.62. The van der Waals surface area contributed by atoms with Gasteiger partial charge in [-0.2, -0.15) is 0 Å². The molecule has 0 heterocycles. The number of rotatable bonds is 18. The molecule has 8 heteroatoms. The Hall–Kier alpha value is -3.66. The number of fused-ring (bicyclic) bond motifs is 1. The van der Waals surface area contributed by atoms with Crippen LogP contribution in [0.4, 0.5) is 0 Å². The monoisotopic (exact) mass is 644 g/mol. The van der Waals surface area contributed by atoms with Crippen molar-refractivity contribution < 1.29 is 38.3 Å². The highest BCUT2D eigenvalue weighted by Gasteiger charge is 2.36. The Balaban J connectivity index is 1.21. The fraction of sp³-hybridized carbons (Fsp3) is 0.436. The number of methoxy groups -OCH3 is 3. The number of benzene rings is 4. The Morgan fingerprint density at radius 3 is 2.28 bits per heavy atom. The van der Waals surface area contributed by atoms with Crippen molar-refractivity contribution in [2.75, 3.05) is 47.8 Å². The van der Waals surface area contributed by atoms with E-state index in [-0.39, 0.29) is 31.3 Å². The lowest BCUT2D eigenvalue weighted by molar-refractivity contribution is -0.0928. The second-order valence-electron chi connectivity index (χ2n) is 11.9. The molecule has 1 unspecified atom stereocenters. The Bertz CT molecular complexity index is 1510. The maximum absolute atomic E-state index is 10.3. The van der Waals surface area contributed by atoms with Crippen molar-refractivity contribution in [2.45, 2.75) is 63.1 Å². The molecule has 1 aliphatic carbocycles. The first-order valence-corrected chi connectivity index (χ1v) is 16.5. The summed E-state index contributed by atoms with van der Waals surface area (Å²) in [5.41, 5.74) is 3.22. The molecule has 0 bridgehead atoms. The first kappa shape index (κ1) is 34.7. The highest BCUT2D eigenvalue weighted by atomic mass is 16.5. The van der Waals surface area contributed by atoms with E-state index in [0.29, 0.717) is 26.4 Å². The summed E-state index contributed by atoms with van der Waals surface area (Å²) < 4.78 is 41.1. The van der Waals surface area contributed by atoms with Gasteiger partial charge in [0.2, 0.25) is 0 Å². The van der Waals surface area contributed by atoms with E-state index < -0.39 is 6.10 Å². The molecule has 0 radical (unpaired) electrons. The van der Waals surface area contributed by atoms with Gasteiger partial charge in [-0.05, 0) is 66.1 Å². The number of aliphatic hydroxyl groups excluding tert-OH is 1. The van der Waals surface area contributed by atoms with E-state index in [1.165, 1.54) is 0 Å². The molecule has 1 N–H and O–H groups in total. The van der Waals surface area contributed by atoms with Crippen LogP contribution in [0.25, 0.3) is 10.8 Å². The fourth-order valence-electron chi connectivity index (χ4n) is 6.33. The maximum atomic E-state index is 10.3. The predicted molar refractivity (Wildman–Crippen MR) is 182 cm³/mol. The van der Waals surface area contributed by atoms with E-state index in [2.05, 4.69) is 36.4 Å². The van der Waals surface area contributed by atoms with Crippen molar-refractivity contribution in [3.63, 3.8) is 0 Å². The van der Waals surface area contributed by atoms with E-state index in [1.54, 1.807) is 21.3 Å². The van der Waals surface area contributed by atoms with Gasteiger partial charge in [0.05, 0.1) is 66.1 Å². The lowest BCUT2D eigenvalue weighted by Gasteiger charge is -2.38. The molecule has 4 aromatic rings. The molecule has 252 valence electrons. The third-order valence-electron chi connectivity index (χ3n) is 8.62. The number of hydrogen-bond donors (Lipinski definition) is 1. The molecule has 4 aromatic carbocycles. The summed E-state index contributed by atoms with van der Waals surface area (Å²) in [5, 5.41) is 12.5. The molecule has 0 aromatic heterocycles. The smallest absolute Gasteiger partial charge is 0.127 e. The molecular weight excluding hydrogens is 596 g/mol. The predicted octanol–water partition coefficient (Wildman–Crippen LogP) is 7.09. The second kappa shape index (κ2) is 18.0. The summed E-state index contributed by atoms with van der Waals surface area (Å²) in [6.07, 6.45) is 2.73. The molecule has 0 aliphatic heterocycles. The van der Waals surface area contributed by atoms with Gasteiger partial charge < -0.3 is 38.3 Å². The zero-order valence-electron chi connectivity index (χ0n) is 27.8. The maximum Gasteiger partial charge on any atom is 0.127 e. The van der Waals surface area contributed by atoms with E-state index >= 15 is 0 Å². The standard InChI is InChI=1S/C39H48O8/c1-41-26-32(40)27-47-37-15-8-14-36(46-24-28-22-30-10-4-6-12-34(30)38(23-28)43-3)39(37)29-16-18-33(19-17-29)45-21-9-20-44-25-31-11-5-7-13-35(31)42-2/h4-7,10-13,16-19,22-23,32,36-37,39-40H,8-9,14-15,20-21,24-27H2,1-3H3/t32-,36+,37-,39?/m1/s1. The number of para-hydroxylation sites is 1. The van der Waals surface area contributed by atoms with Gasteiger partial charge in [0.1, 0.15) is 23.4 Å². The minimum atomic E-state index is -0.679. The Kier molecular flexibility index (Phi) is 13.3. The van der Waals surface area contributed by atoms with E-state index in [0.717, 1.165) is 70.4 Å². The summed E-state index contributed by atoms with van der Waals surface area (Å²) in [7, 11) is 4.95. The summed E-state index contributed by atoms with van der Waals surface area (Å²) in [6.45, 7) is 2.56. The van der Waals surface area contributed by atoms with E-state index in [1.807, 2.05) is 48.5 Å². The number of ether oxygens (including phenoxy) is 7. The highest BCUT2D eigenvalue weighted by molar-refractivity contribution is 5.89. The molecule has 0 saturated heterocycles. The molecule has 5 rings (SSSR count). The Labute approximate surface area is 278 Å². The largest absolute Gasteiger partial charge is 0.496 e. The Morgan fingerprint density at radius 1 is 0.745 bits per heavy atom. The lowest BCUT2D eigenvalue weighted by atomic mass is 9.79. The van der Waals surface area contributed by atoms with Crippen molar-refractivity contribution >= 4 is 10.8 Å². The van der Waals surface area contributed by atoms with Crippen molar-refractivity contribution in [2.24, 2.45) is 0 Å². The van der Waals surface area contributed by atoms with Gasteiger partial charge in [-0.3, -0.25) is 0 Å². The summed E-state index contributed by atoms with van der Waals surface area (Å²) in [5.74, 6) is 2.48. The van der Waals surface area contributed by atoms with E-state index in [9.17, 15) is 5.11 Å². The molecule has 1 fully saturated rings. The molecule has 1 saturated carbocycles. The summed E-state index contributed by atoms with van der Waals surface area (Å²) in [4.78, 5) is 0. The first-order chi connectivity index (χ1) is 23.1. The zero-order valence-corrected chi connectivity index (χ0v) is 27.8. The lowest BCUT2D eigenvalue weighted by Crippen LogP contribution is -2.39. The van der Waals surface area contributed by atoms with Crippen molar-refractivity contribution in [3.8, 4) is 17.2 Å². The van der Waals surface area contributed by atoms with Crippen LogP contribution in [-0.4, -0.2) is 71.2 Å². The molecule has 8 nitrogen and oxygen atoms in total. The normalized spacial score (nSPS) is 18.6. The average molecular weight is 645 g/mol. The van der Waals surface area contributed by atoms with Crippen LogP contribution in [0, 0.1) is 0 Å². The Morgan fingerprint density at radius 2 is 1.49 bits per heavy atom. The highest BCUT2D eigenvalue weighted by Crippen LogP contribution is 2.39. The van der Waals surface area contributed by atoms with Gasteiger partial charge in [0.25, 0.3) is 0 Å². The van der Waals surface area contributed by atoms with Gasteiger partial charge in [-0.25, -0.2) is 0 Å². The van der Waals surface area contributed by atoms with Crippen molar-refractivity contribution in [1.29, 1.82) is 0 Å². The second-order valence-corrected chi connectivity index (χ2v) is 11.9. The zero-order chi connectivity index (χ0) is 32.8. The molecule has 4 atom stereocenters. The number of hydrogen-bond acceptors (Lipinski definition) is 8. The molecular formula is C39H48O8. The van der Waals surface area contributed by atoms with Crippen LogP contribution in [0.1, 0.15) is 48.3 Å².